The van der Waals surface area contributed by atoms with Crippen molar-refractivity contribution in [3.8, 4) is 0 Å². The molecule has 0 radical (unpaired) electrons. The van der Waals surface area contributed by atoms with Crippen LogP contribution < -0.4 is 126 Å². The van der Waals surface area contributed by atoms with Crippen LogP contribution in [-0.4, -0.2) is 16.8 Å². The number of nitrogens with zero attached hydrogens (tertiary/aromatic N) is 1. The van der Waals surface area contributed by atoms with Crippen molar-refractivity contribution in [3.05, 3.63) is 0 Å². The van der Waals surface area contributed by atoms with Gasteiger partial charge in [-0.2, -0.15) is 0 Å². The number of hydrogen-bond donors (Lipinski definition) is 0. The van der Waals surface area contributed by atoms with Crippen LogP contribution in [0.25, 0.3) is 0 Å². The fourth-order valence-electron chi connectivity index (χ4n) is 1.16. The summed E-state index contributed by atoms with van der Waals surface area (Å²) < 4.78 is 11.6. The van der Waals surface area contributed by atoms with Gasteiger partial charge in [0.2, 0.25) is 0 Å². The van der Waals surface area contributed by atoms with Crippen molar-refractivity contribution in [2.45, 2.75) is 39.8 Å². The van der Waals surface area contributed by atoms with Gasteiger partial charge in [0.05, 0.1) is 0 Å². The summed E-state index contributed by atoms with van der Waals surface area (Å²) in [6.07, 6.45) is 0. The molecule has 0 bridgehead atoms. The minimum Gasteiger partial charge on any atom is -0.799 e. The Morgan fingerprint density at radius 1 is 1.00 bits per heavy atom. The van der Waals surface area contributed by atoms with Crippen LogP contribution in [0.15, 0.2) is 0 Å². The van der Waals surface area contributed by atoms with Crippen LogP contribution in [0, 0.1) is 0 Å². The molecule has 7 heteroatoms. The molecule has 0 saturated carbocycles. The fourth-order valence-corrected chi connectivity index (χ4v) is 2.29. The Kier molecular flexibility index (Phi) is 16.4. The van der Waals surface area contributed by atoms with Crippen LogP contribution in [0.5, 0.6) is 0 Å². The van der Waals surface area contributed by atoms with E-state index in [0.717, 1.165) is 4.67 Å². The minimum atomic E-state index is -4.55. The van der Waals surface area contributed by atoms with E-state index in [1.54, 1.807) is 27.7 Å². The van der Waals surface area contributed by atoms with E-state index in [9.17, 15) is 14.4 Å². The zero-order chi connectivity index (χ0) is 9.23. The van der Waals surface area contributed by atoms with E-state index in [0.29, 0.717) is 0 Å². The van der Waals surface area contributed by atoms with Crippen LogP contribution in [0.2, 0.25) is 0 Å². The first kappa shape index (κ1) is 22.0. The normalized spacial score (nSPS) is 11.5. The predicted molar refractivity (Wildman–Crippen MR) is 39.7 cm³/mol. The van der Waals surface area contributed by atoms with Crippen LogP contribution in [0.4, 0.5) is 0 Å². The summed E-state index contributed by atoms with van der Waals surface area (Å²) in [6, 6.07) is -0.508. The molecular weight excluding hydrogens is 336 g/mol. The van der Waals surface area contributed by atoms with Crippen LogP contribution in [0.3, 0.4) is 0 Å². The van der Waals surface area contributed by atoms with Gasteiger partial charge in [0, 0.05) is 19.8 Å². The molecule has 0 amide bonds. The summed E-state index contributed by atoms with van der Waals surface area (Å²) >= 11 is 0. The van der Waals surface area contributed by atoms with Crippen molar-refractivity contribution < 1.29 is 131 Å². The molecular formula is C6H14NO3PRb2. The smallest absolute Gasteiger partial charge is 0.799 e. The van der Waals surface area contributed by atoms with E-state index in [2.05, 4.69) is 0 Å². The molecule has 0 N–H and O–H groups in total. The summed E-state index contributed by atoms with van der Waals surface area (Å²) in [4.78, 5) is 21.2. The third-order valence-corrected chi connectivity index (χ3v) is 2.83. The topological polar surface area (TPSA) is 66.4 Å². The van der Waals surface area contributed by atoms with Gasteiger partial charge in [-0.05, 0) is 27.7 Å². The first-order chi connectivity index (χ1) is 4.76. The van der Waals surface area contributed by atoms with Crippen LogP contribution in [-0.2, 0) is 4.57 Å². The second-order valence-corrected chi connectivity index (χ2v) is 4.44. The van der Waals surface area contributed by atoms with E-state index in [4.69, 9.17) is 0 Å². The summed E-state index contributed by atoms with van der Waals surface area (Å²) in [6.45, 7) is 6.73. The Balaban J connectivity index is -0.000000500. The molecule has 0 aromatic heterocycles. The van der Waals surface area contributed by atoms with Crippen molar-refractivity contribution in [2.75, 3.05) is 0 Å². The monoisotopic (exact) mass is 349 g/mol. The van der Waals surface area contributed by atoms with Gasteiger partial charge in [-0.1, -0.05) is 0 Å². The van der Waals surface area contributed by atoms with Crippen molar-refractivity contribution in [3.63, 3.8) is 0 Å². The molecule has 0 aliphatic heterocycles. The van der Waals surface area contributed by atoms with Gasteiger partial charge in [-0.15, -0.1) is 0 Å². The maximum absolute atomic E-state index is 10.6. The maximum atomic E-state index is 10.6. The van der Waals surface area contributed by atoms with Crippen molar-refractivity contribution in [1.29, 1.82) is 0 Å². The van der Waals surface area contributed by atoms with E-state index in [1.807, 2.05) is 0 Å². The summed E-state index contributed by atoms with van der Waals surface area (Å²) in [5, 5.41) is 0. The quantitative estimate of drug-likeness (QED) is 0.476. The Bertz CT molecular complexity index is 163. The molecule has 4 nitrogen and oxygen atoms in total. The molecule has 0 saturated heterocycles. The van der Waals surface area contributed by atoms with E-state index in [1.165, 1.54) is 0 Å². The average molecular weight is 350 g/mol. The zero-order valence-corrected chi connectivity index (χ0v) is 20.0. The molecule has 13 heavy (non-hydrogen) atoms. The second-order valence-electron chi connectivity index (χ2n) is 3.04. The third-order valence-electron chi connectivity index (χ3n) is 1.34. The van der Waals surface area contributed by atoms with Gasteiger partial charge < -0.3 is 14.4 Å². The zero-order valence-electron chi connectivity index (χ0n) is 9.27. The largest absolute Gasteiger partial charge is 1.00 e. The third kappa shape index (κ3) is 9.42. The van der Waals surface area contributed by atoms with Crippen LogP contribution >= 0.6 is 7.75 Å². The summed E-state index contributed by atoms with van der Waals surface area (Å²) in [7, 11) is -4.55. The van der Waals surface area contributed by atoms with Crippen molar-refractivity contribution in [1.82, 2.24) is 4.67 Å². The molecule has 0 aliphatic rings. The van der Waals surface area contributed by atoms with Gasteiger partial charge in [0.25, 0.3) is 0 Å². The SMILES string of the molecule is CC(C)N(C(C)C)P(=O)([O-])[O-].[Rb+].[Rb+]. The van der Waals surface area contributed by atoms with Gasteiger partial charge in [-0.25, -0.2) is 0 Å². The molecule has 0 aliphatic carbocycles. The molecule has 0 heterocycles. The van der Waals surface area contributed by atoms with Gasteiger partial charge >= 0.3 is 116 Å². The Labute approximate surface area is 178 Å². The van der Waals surface area contributed by atoms with E-state index >= 15 is 0 Å². The first-order valence-electron chi connectivity index (χ1n) is 3.57. The summed E-state index contributed by atoms with van der Waals surface area (Å²) in [5.74, 6) is 0. The van der Waals surface area contributed by atoms with E-state index < -0.39 is 7.75 Å². The molecule has 0 rings (SSSR count). The summed E-state index contributed by atoms with van der Waals surface area (Å²) in [5.41, 5.74) is 0. The minimum absolute atomic E-state index is 0. The van der Waals surface area contributed by atoms with Crippen molar-refractivity contribution in [2.24, 2.45) is 0 Å². The Morgan fingerprint density at radius 2 is 1.23 bits per heavy atom. The standard InChI is InChI=1S/C6H16NO3P.2Rb/c1-5(2)7(6(3)4)11(8,9)10;;/h5-6H,1-4H3,(H2,8,9,10);;/q;2*+1/p-2. The Hall–Kier alpha value is 3.72. The molecule has 0 aromatic rings. The van der Waals surface area contributed by atoms with E-state index in [-0.39, 0.29) is 128 Å². The first-order valence-corrected chi connectivity index (χ1v) is 5.07. The second kappa shape index (κ2) is 9.72. The molecule has 0 aromatic carbocycles. The molecule has 0 atom stereocenters. The Morgan fingerprint density at radius 3 is 1.23 bits per heavy atom. The fraction of sp³-hybridized carbons (Fsp3) is 1.00. The molecule has 0 unspecified atom stereocenters. The molecule has 0 spiro atoms. The average Bonchev–Trinajstić information content (AvgIpc) is 1.54. The molecule has 0 fully saturated rings. The van der Waals surface area contributed by atoms with Gasteiger partial charge in [-0.3, -0.25) is 4.67 Å². The molecule has 68 valence electrons. The van der Waals surface area contributed by atoms with Crippen LogP contribution in [0.1, 0.15) is 27.7 Å². The maximum Gasteiger partial charge on any atom is 1.00 e. The van der Waals surface area contributed by atoms with Gasteiger partial charge in [0.15, 0.2) is 0 Å². The number of rotatable bonds is 3. The number of hydrogen-bond acceptors (Lipinski definition) is 3. The van der Waals surface area contributed by atoms with Gasteiger partial charge in [0.1, 0.15) is 0 Å². The predicted octanol–water partition coefficient (Wildman–Crippen LogP) is -6.06. The van der Waals surface area contributed by atoms with Crippen molar-refractivity contribution >= 4 is 7.75 Å².